The van der Waals surface area contributed by atoms with Crippen molar-refractivity contribution in [3.8, 4) is 0 Å². The molecular formula is C12H15Cl2NO. The number of benzene rings is 1. The standard InChI is InChI=1S/C12H15Cl2NO/c13-10-3-1-2-9(11(10)14)8-12(15)4-6-16-7-5-12/h1-3H,4-8,15H2. The summed E-state index contributed by atoms with van der Waals surface area (Å²) in [5, 5.41) is 1.22. The Bertz CT molecular complexity index is 375. The van der Waals surface area contributed by atoms with Crippen molar-refractivity contribution in [2.45, 2.75) is 24.8 Å². The van der Waals surface area contributed by atoms with Crippen LogP contribution in [0, 0.1) is 0 Å². The lowest BCUT2D eigenvalue weighted by molar-refractivity contribution is 0.0533. The summed E-state index contributed by atoms with van der Waals surface area (Å²) in [5.41, 5.74) is 7.15. The highest BCUT2D eigenvalue weighted by atomic mass is 35.5. The van der Waals surface area contributed by atoms with Crippen LogP contribution in [0.5, 0.6) is 0 Å². The van der Waals surface area contributed by atoms with Gasteiger partial charge in [-0.1, -0.05) is 35.3 Å². The van der Waals surface area contributed by atoms with E-state index in [9.17, 15) is 0 Å². The molecule has 0 saturated carbocycles. The Balaban J connectivity index is 2.16. The van der Waals surface area contributed by atoms with Crippen LogP contribution in [-0.4, -0.2) is 18.8 Å². The van der Waals surface area contributed by atoms with E-state index in [4.69, 9.17) is 33.7 Å². The van der Waals surface area contributed by atoms with Crippen LogP contribution < -0.4 is 5.73 Å². The maximum absolute atomic E-state index is 6.33. The first kappa shape index (κ1) is 12.2. The maximum Gasteiger partial charge on any atom is 0.0624 e. The molecule has 1 aliphatic heterocycles. The van der Waals surface area contributed by atoms with E-state index in [1.54, 1.807) is 6.07 Å². The van der Waals surface area contributed by atoms with Crippen LogP contribution in [0.3, 0.4) is 0 Å². The van der Waals surface area contributed by atoms with Crippen LogP contribution in [0.2, 0.25) is 10.0 Å². The van der Waals surface area contributed by atoms with E-state index in [0.717, 1.165) is 38.0 Å². The van der Waals surface area contributed by atoms with Gasteiger partial charge in [-0.25, -0.2) is 0 Å². The second kappa shape index (κ2) is 4.92. The van der Waals surface area contributed by atoms with Gasteiger partial charge in [0.15, 0.2) is 0 Å². The van der Waals surface area contributed by atoms with Crippen molar-refractivity contribution in [1.29, 1.82) is 0 Å². The van der Waals surface area contributed by atoms with Crippen molar-refractivity contribution in [1.82, 2.24) is 0 Å². The summed E-state index contributed by atoms with van der Waals surface area (Å²) in [6.07, 6.45) is 2.50. The second-order valence-corrected chi connectivity index (χ2v) is 5.15. The summed E-state index contributed by atoms with van der Waals surface area (Å²) in [4.78, 5) is 0. The van der Waals surface area contributed by atoms with Crippen LogP contribution in [0.15, 0.2) is 18.2 Å². The smallest absolute Gasteiger partial charge is 0.0624 e. The zero-order valence-electron chi connectivity index (χ0n) is 9.01. The van der Waals surface area contributed by atoms with Crippen LogP contribution in [0.25, 0.3) is 0 Å². The minimum atomic E-state index is -0.202. The molecule has 1 aromatic carbocycles. The Morgan fingerprint density at radius 1 is 1.25 bits per heavy atom. The maximum atomic E-state index is 6.33. The third kappa shape index (κ3) is 2.69. The Labute approximate surface area is 106 Å². The molecule has 1 aliphatic rings. The highest BCUT2D eigenvalue weighted by molar-refractivity contribution is 6.42. The van der Waals surface area contributed by atoms with Crippen molar-refractivity contribution >= 4 is 23.2 Å². The summed E-state index contributed by atoms with van der Waals surface area (Å²) < 4.78 is 5.32. The fourth-order valence-corrected chi connectivity index (χ4v) is 2.41. The van der Waals surface area contributed by atoms with E-state index >= 15 is 0 Å². The van der Waals surface area contributed by atoms with E-state index in [2.05, 4.69) is 0 Å². The van der Waals surface area contributed by atoms with Crippen LogP contribution in [0.4, 0.5) is 0 Å². The zero-order valence-corrected chi connectivity index (χ0v) is 10.5. The zero-order chi connectivity index (χ0) is 11.6. The van der Waals surface area contributed by atoms with E-state index in [1.165, 1.54) is 0 Å². The molecule has 0 aliphatic carbocycles. The van der Waals surface area contributed by atoms with Crippen molar-refractivity contribution in [3.05, 3.63) is 33.8 Å². The molecule has 0 aromatic heterocycles. The lowest BCUT2D eigenvalue weighted by Gasteiger charge is -2.33. The van der Waals surface area contributed by atoms with Gasteiger partial charge in [0.05, 0.1) is 10.0 Å². The average molecular weight is 260 g/mol. The highest BCUT2D eigenvalue weighted by Crippen LogP contribution is 2.30. The van der Waals surface area contributed by atoms with E-state index in [0.29, 0.717) is 10.0 Å². The molecule has 0 amide bonds. The molecule has 2 nitrogen and oxygen atoms in total. The molecule has 1 aromatic rings. The molecule has 88 valence electrons. The number of rotatable bonds is 2. The van der Waals surface area contributed by atoms with Gasteiger partial charge in [-0.2, -0.15) is 0 Å². The highest BCUT2D eigenvalue weighted by Gasteiger charge is 2.29. The molecule has 16 heavy (non-hydrogen) atoms. The molecule has 1 saturated heterocycles. The van der Waals surface area contributed by atoms with Crippen molar-refractivity contribution in [3.63, 3.8) is 0 Å². The fourth-order valence-electron chi connectivity index (χ4n) is 2.02. The Morgan fingerprint density at radius 3 is 2.62 bits per heavy atom. The summed E-state index contributed by atoms with van der Waals surface area (Å²) in [7, 11) is 0. The Morgan fingerprint density at radius 2 is 1.94 bits per heavy atom. The minimum Gasteiger partial charge on any atom is -0.381 e. The van der Waals surface area contributed by atoms with Gasteiger partial charge in [-0.3, -0.25) is 0 Å². The summed E-state index contributed by atoms with van der Waals surface area (Å²) >= 11 is 12.1. The number of hydrogen-bond donors (Lipinski definition) is 1. The summed E-state index contributed by atoms with van der Waals surface area (Å²) in [5.74, 6) is 0. The molecule has 2 N–H and O–H groups in total. The third-order valence-corrected chi connectivity index (χ3v) is 3.92. The fraction of sp³-hybridized carbons (Fsp3) is 0.500. The van der Waals surface area contributed by atoms with Gasteiger partial charge in [-0.05, 0) is 30.9 Å². The van der Waals surface area contributed by atoms with Crippen LogP contribution in [-0.2, 0) is 11.2 Å². The van der Waals surface area contributed by atoms with Gasteiger partial charge in [-0.15, -0.1) is 0 Å². The number of hydrogen-bond acceptors (Lipinski definition) is 2. The molecule has 0 unspecified atom stereocenters. The predicted molar refractivity (Wildman–Crippen MR) is 67.1 cm³/mol. The number of halogens is 2. The molecule has 1 heterocycles. The first-order chi connectivity index (χ1) is 7.61. The molecular weight excluding hydrogens is 245 g/mol. The lowest BCUT2D eigenvalue weighted by Crippen LogP contribution is -2.46. The minimum absolute atomic E-state index is 0.202. The molecule has 0 atom stereocenters. The van der Waals surface area contributed by atoms with E-state index in [-0.39, 0.29) is 5.54 Å². The SMILES string of the molecule is NC1(Cc2cccc(Cl)c2Cl)CCOCC1. The predicted octanol–water partition coefficient (Wildman–Crippen LogP) is 3.04. The van der Waals surface area contributed by atoms with Gasteiger partial charge < -0.3 is 10.5 Å². The molecule has 1 fully saturated rings. The lowest BCUT2D eigenvalue weighted by atomic mass is 9.85. The van der Waals surface area contributed by atoms with Crippen molar-refractivity contribution in [2.24, 2.45) is 5.73 Å². The van der Waals surface area contributed by atoms with Gasteiger partial charge in [0, 0.05) is 18.8 Å². The van der Waals surface area contributed by atoms with Gasteiger partial charge >= 0.3 is 0 Å². The van der Waals surface area contributed by atoms with E-state index < -0.39 is 0 Å². The van der Waals surface area contributed by atoms with Crippen LogP contribution in [0.1, 0.15) is 18.4 Å². The first-order valence-corrected chi connectivity index (χ1v) is 6.16. The quantitative estimate of drug-likeness (QED) is 0.887. The Kier molecular flexibility index (Phi) is 3.75. The van der Waals surface area contributed by atoms with Gasteiger partial charge in [0.1, 0.15) is 0 Å². The summed E-state index contributed by atoms with van der Waals surface area (Å²) in [6, 6.07) is 5.69. The number of nitrogens with two attached hydrogens (primary N) is 1. The van der Waals surface area contributed by atoms with Crippen molar-refractivity contribution in [2.75, 3.05) is 13.2 Å². The molecule has 0 bridgehead atoms. The van der Waals surface area contributed by atoms with Crippen LogP contribution >= 0.6 is 23.2 Å². The molecule has 2 rings (SSSR count). The molecule has 4 heteroatoms. The topological polar surface area (TPSA) is 35.2 Å². The number of ether oxygens (including phenoxy) is 1. The molecule has 0 radical (unpaired) electrons. The van der Waals surface area contributed by atoms with Gasteiger partial charge in [0.25, 0.3) is 0 Å². The van der Waals surface area contributed by atoms with Crippen molar-refractivity contribution < 1.29 is 4.74 Å². The van der Waals surface area contributed by atoms with E-state index in [1.807, 2.05) is 12.1 Å². The largest absolute Gasteiger partial charge is 0.381 e. The van der Waals surface area contributed by atoms with Gasteiger partial charge in [0.2, 0.25) is 0 Å². The third-order valence-electron chi connectivity index (χ3n) is 3.06. The average Bonchev–Trinajstić information content (AvgIpc) is 2.26. The summed E-state index contributed by atoms with van der Waals surface area (Å²) in [6.45, 7) is 1.46. The monoisotopic (exact) mass is 259 g/mol. The second-order valence-electron chi connectivity index (χ2n) is 4.36. The first-order valence-electron chi connectivity index (χ1n) is 5.40. The Hall–Kier alpha value is -0.280. The molecule has 0 spiro atoms. The normalized spacial score (nSPS) is 19.7.